The summed E-state index contributed by atoms with van der Waals surface area (Å²) < 4.78 is 23.0. The smallest absolute Gasteiger partial charge is 0.307 e. The van der Waals surface area contributed by atoms with Gasteiger partial charge in [-0.05, 0) is 30.3 Å². The van der Waals surface area contributed by atoms with Gasteiger partial charge in [-0.3, -0.25) is 9.59 Å². The van der Waals surface area contributed by atoms with E-state index in [9.17, 15) is 14.0 Å². The molecule has 138 valence electrons. The number of benzene rings is 2. The van der Waals surface area contributed by atoms with Crippen molar-refractivity contribution in [3.8, 4) is 5.75 Å². The van der Waals surface area contributed by atoms with Crippen molar-refractivity contribution >= 4 is 23.6 Å². The zero-order chi connectivity index (χ0) is 18.8. The van der Waals surface area contributed by atoms with Crippen molar-refractivity contribution in [1.82, 2.24) is 5.32 Å². The van der Waals surface area contributed by atoms with Crippen LogP contribution in [0.4, 0.5) is 4.39 Å². The lowest BCUT2D eigenvalue weighted by Gasteiger charge is -2.10. The summed E-state index contributed by atoms with van der Waals surface area (Å²) in [6.07, 6.45) is 0.168. The average Bonchev–Trinajstić information content (AvgIpc) is 2.66. The fraction of sp³-hybridized carbons (Fsp3) is 0.263. The number of carbonyl (C=O) groups excluding carboxylic acids is 2. The number of hydrogen-bond donors (Lipinski definition) is 1. The summed E-state index contributed by atoms with van der Waals surface area (Å²) in [5, 5.41) is 2.68. The molecule has 26 heavy (non-hydrogen) atoms. The van der Waals surface area contributed by atoms with E-state index in [0.717, 1.165) is 10.5 Å². The molecule has 1 N–H and O–H groups in total. The van der Waals surface area contributed by atoms with Crippen LogP contribution in [0.3, 0.4) is 0 Å². The lowest BCUT2D eigenvalue weighted by Crippen LogP contribution is -2.28. The van der Waals surface area contributed by atoms with Gasteiger partial charge in [-0.25, -0.2) is 4.39 Å². The maximum Gasteiger partial charge on any atom is 0.307 e. The van der Waals surface area contributed by atoms with Crippen LogP contribution in [0.5, 0.6) is 5.75 Å². The highest BCUT2D eigenvalue weighted by atomic mass is 32.2. The third-order valence-electron chi connectivity index (χ3n) is 3.42. The number of amides is 1. The van der Waals surface area contributed by atoms with Gasteiger partial charge in [0.15, 0.2) is 6.61 Å². The molecule has 1 amide bonds. The van der Waals surface area contributed by atoms with E-state index < -0.39 is 5.97 Å². The second kappa shape index (κ2) is 10.5. The van der Waals surface area contributed by atoms with E-state index in [0.29, 0.717) is 18.0 Å². The van der Waals surface area contributed by atoms with Crippen LogP contribution in [0.1, 0.15) is 12.0 Å². The minimum Gasteiger partial charge on any atom is -0.496 e. The summed E-state index contributed by atoms with van der Waals surface area (Å²) in [4.78, 5) is 24.3. The maximum absolute atomic E-state index is 12.8. The molecular weight excluding hydrogens is 357 g/mol. The number of rotatable bonds is 9. The molecule has 2 aromatic rings. The van der Waals surface area contributed by atoms with Gasteiger partial charge in [-0.15, -0.1) is 11.8 Å². The number of esters is 1. The molecule has 0 heterocycles. The Labute approximate surface area is 155 Å². The van der Waals surface area contributed by atoms with Crippen LogP contribution in [-0.4, -0.2) is 31.3 Å². The maximum atomic E-state index is 12.8. The van der Waals surface area contributed by atoms with E-state index in [1.54, 1.807) is 25.3 Å². The monoisotopic (exact) mass is 377 g/mol. The molecule has 2 aromatic carbocycles. The van der Waals surface area contributed by atoms with Crippen LogP contribution < -0.4 is 10.1 Å². The lowest BCUT2D eigenvalue weighted by atomic mass is 10.2. The Balaban J connectivity index is 1.63. The van der Waals surface area contributed by atoms with E-state index in [1.807, 2.05) is 18.2 Å². The van der Waals surface area contributed by atoms with Crippen molar-refractivity contribution < 1.29 is 23.5 Å². The van der Waals surface area contributed by atoms with Crippen molar-refractivity contribution in [2.75, 3.05) is 19.5 Å². The Hall–Kier alpha value is -2.54. The lowest BCUT2D eigenvalue weighted by molar-refractivity contribution is -0.148. The van der Waals surface area contributed by atoms with Crippen molar-refractivity contribution in [3.05, 3.63) is 59.9 Å². The minimum atomic E-state index is -0.452. The summed E-state index contributed by atoms with van der Waals surface area (Å²) in [5.74, 6) is 0.0471. The molecule has 7 heteroatoms. The van der Waals surface area contributed by atoms with Crippen LogP contribution in [-0.2, 0) is 20.9 Å². The normalized spacial score (nSPS) is 10.2. The predicted molar refractivity (Wildman–Crippen MR) is 97.5 cm³/mol. The highest BCUT2D eigenvalue weighted by Gasteiger charge is 2.09. The Morgan fingerprint density at radius 1 is 1.12 bits per heavy atom. The molecule has 0 spiro atoms. The van der Waals surface area contributed by atoms with Crippen LogP contribution in [0, 0.1) is 5.82 Å². The fourth-order valence-corrected chi connectivity index (χ4v) is 2.93. The molecule has 0 saturated carbocycles. The second-order valence-electron chi connectivity index (χ2n) is 5.30. The summed E-state index contributed by atoms with van der Waals surface area (Å²) in [7, 11) is 1.56. The summed E-state index contributed by atoms with van der Waals surface area (Å²) in [6.45, 7) is -0.0317. The number of carbonyl (C=O) groups is 2. The first-order chi connectivity index (χ1) is 12.6. The van der Waals surface area contributed by atoms with Gasteiger partial charge in [0, 0.05) is 22.8 Å². The average molecular weight is 377 g/mol. The Kier molecular flexibility index (Phi) is 7.95. The van der Waals surface area contributed by atoms with Gasteiger partial charge in [0.25, 0.3) is 5.91 Å². The van der Waals surface area contributed by atoms with E-state index in [2.05, 4.69) is 5.32 Å². The quantitative estimate of drug-likeness (QED) is 0.537. The van der Waals surface area contributed by atoms with Crippen LogP contribution in [0.15, 0.2) is 53.4 Å². The highest BCUT2D eigenvalue weighted by Crippen LogP contribution is 2.19. The van der Waals surface area contributed by atoms with Gasteiger partial charge in [0.05, 0.1) is 13.5 Å². The molecule has 0 aliphatic carbocycles. The zero-order valence-corrected chi connectivity index (χ0v) is 15.2. The van der Waals surface area contributed by atoms with E-state index >= 15 is 0 Å². The van der Waals surface area contributed by atoms with Gasteiger partial charge in [0.2, 0.25) is 0 Å². The number of thioether (sulfide) groups is 1. The highest BCUT2D eigenvalue weighted by molar-refractivity contribution is 7.99. The molecular formula is C19H20FNO4S. The molecule has 5 nitrogen and oxygen atoms in total. The third-order valence-corrected chi connectivity index (χ3v) is 4.44. The Bertz CT molecular complexity index is 737. The molecule has 0 unspecified atom stereocenters. The van der Waals surface area contributed by atoms with Crippen molar-refractivity contribution in [3.63, 3.8) is 0 Å². The summed E-state index contributed by atoms with van der Waals surface area (Å²) in [5.41, 5.74) is 0.838. The first kappa shape index (κ1) is 19.8. The van der Waals surface area contributed by atoms with E-state index in [1.165, 1.54) is 23.9 Å². The molecule has 0 aliphatic heterocycles. The number of para-hydroxylation sites is 1. The molecule has 2 rings (SSSR count). The number of hydrogen-bond acceptors (Lipinski definition) is 5. The molecule has 0 radical (unpaired) electrons. The molecule has 0 atom stereocenters. The molecule has 0 fully saturated rings. The first-order valence-corrected chi connectivity index (χ1v) is 8.99. The van der Waals surface area contributed by atoms with Gasteiger partial charge in [0.1, 0.15) is 11.6 Å². The number of nitrogens with one attached hydrogen (secondary N) is 1. The second-order valence-corrected chi connectivity index (χ2v) is 6.47. The number of halogens is 1. The first-order valence-electron chi connectivity index (χ1n) is 8.01. The SMILES string of the molecule is COc1ccccc1CNC(=O)COC(=O)CCSc1ccc(F)cc1. The zero-order valence-electron chi connectivity index (χ0n) is 14.4. The Morgan fingerprint density at radius 3 is 2.58 bits per heavy atom. The third kappa shape index (κ3) is 6.76. The Morgan fingerprint density at radius 2 is 1.85 bits per heavy atom. The molecule has 0 bridgehead atoms. The van der Waals surface area contributed by atoms with Crippen LogP contribution in [0.25, 0.3) is 0 Å². The van der Waals surface area contributed by atoms with Gasteiger partial charge < -0.3 is 14.8 Å². The molecule has 0 aliphatic rings. The van der Waals surface area contributed by atoms with Gasteiger partial charge in [-0.1, -0.05) is 18.2 Å². The predicted octanol–water partition coefficient (Wildman–Crippen LogP) is 3.18. The standard InChI is InChI=1S/C19H20FNO4S/c1-24-17-5-3-2-4-14(17)12-21-18(22)13-25-19(23)10-11-26-16-8-6-15(20)7-9-16/h2-9H,10-13H2,1H3,(H,21,22). The van der Waals surface area contributed by atoms with Gasteiger partial charge >= 0.3 is 5.97 Å². The largest absolute Gasteiger partial charge is 0.496 e. The number of methoxy groups -OCH3 is 1. The fourth-order valence-electron chi connectivity index (χ4n) is 2.10. The number of ether oxygens (including phenoxy) is 2. The molecule has 0 saturated heterocycles. The van der Waals surface area contributed by atoms with Crippen molar-refractivity contribution in [2.24, 2.45) is 0 Å². The van der Waals surface area contributed by atoms with Crippen molar-refractivity contribution in [2.45, 2.75) is 17.9 Å². The summed E-state index contributed by atoms with van der Waals surface area (Å²) >= 11 is 1.42. The van der Waals surface area contributed by atoms with Crippen LogP contribution >= 0.6 is 11.8 Å². The van der Waals surface area contributed by atoms with E-state index in [4.69, 9.17) is 9.47 Å². The van der Waals surface area contributed by atoms with E-state index in [-0.39, 0.29) is 24.8 Å². The minimum absolute atomic E-state index is 0.168. The van der Waals surface area contributed by atoms with Crippen molar-refractivity contribution in [1.29, 1.82) is 0 Å². The molecule has 0 aromatic heterocycles. The van der Waals surface area contributed by atoms with Gasteiger partial charge in [-0.2, -0.15) is 0 Å². The summed E-state index contributed by atoms with van der Waals surface area (Å²) in [6, 6.07) is 13.4. The topological polar surface area (TPSA) is 64.6 Å². The van der Waals surface area contributed by atoms with Crippen LogP contribution in [0.2, 0.25) is 0 Å².